The van der Waals surface area contributed by atoms with E-state index in [1.807, 2.05) is 36.5 Å². The highest BCUT2D eigenvalue weighted by molar-refractivity contribution is 7.80. The van der Waals surface area contributed by atoms with Gasteiger partial charge in [0.25, 0.3) is 0 Å². The van der Waals surface area contributed by atoms with Gasteiger partial charge in [0.2, 0.25) is 0 Å². The van der Waals surface area contributed by atoms with Gasteiger partial charge in [-0.1, -0.05) is 18.9 Å². The average Bonchev–Trinajstić information content (AvgIpc) is 3.57. The van der Waals surface area contributed by atoms with E-state index in [1.165, 1.54) is 42.6 Å². The summed E-state index contributed by atoms with van der Waals surface area (Å²) >= 11 is 5.94. The lowest BCUT2D eigenvalue weighted by molar-refractivity contribution is 0.402. The molecule has 2 fully saturated rings. The zero-order chi connectivity index (χ0) is 23.8. The molecule has 6 nitrogen and oxygen atoms in total. The Morgan fingerprint density at radius 2 is 1.82 bits per heavy atom. The van der Waals surface area contributed by atoms with Crippen molar-refractivity contribution in [1.29, 1.82) is 0 Å². The van der Waals surface area contributed by atoms with Crippen LogP contribution in [-0.4, -0.2) is 28.9 Å². The van der Waals surface area contributed by atoms with Crippen LogP contribution < -0.4 is 19.7 Å². The highest BCUT2D eigenvalue weighted by atomic mass is 32.1. The number of nitrogens with one attached hydrogen (secondary N) is 1. The van der Waals surface area contributed by atoms with Gasteiger partial charge in [-0.3, -0.25) is 4.98 Å². The topological polar surface area (TPSA) is 51.6 Å². The normalized spacial score (nSPS) is 20.6. The molecular formula is C27H32N4O2S. The summed E-state index contributed by atoms with van der Waals surface area (Å²) in [5, 5.41) is 4.22. The lowest BCUT2D eigenvalue weighted by atomic mass is 9.96. The van der Waals surface area contributed by atoms with Gasteiger partial charge in [-0.25, -0.2) is 0 Å². The van der Waals surface area contributed by atoms with E-state index >= 15 is 0 Å². The van der Waals surface area contributed by atoms with Crippen LogP contribution in [0.1, 0.15) is 66.5 Å². The second-order valence-corrected chi connectivity index (χ2v) is 9.56. The van der Waals surface area contributed by atoms with Crippen LogP contribution in [0, 0.1) is 13.8 Å². The minimum absolute atomic E-state index is 0.0789. The smallest absolute Gasteiger partial charge is 0.174 e. The van der Waals surface area contributed by atoms with Gasteiger partial charge in [0, 0.05) is 29.7 Å². The van der Waals surface area contributed by atoms with E-state index in [4.69, 9.17) is 26.7 Å². The summed E-state index contributed by atoms with van der Waals surface area (Å²) in [7, 11) is 3.37. The molecule has 3 aromatic rings. The summed E-state index contributed by atoms with van der Waals surface area (Å²) in [6.45, 7) is 4.47. The number of hydrogen-bond donors (Lipinski definition) is 1. The van der Waals surface area contributed by atoms with Gasteiger partial charge < -0.3 is 24.3 Å². The van der Waals surface area contributed by atoms with Crippen molar-refractivity contribution in [2.75, 3.05) is 19.1 Å². The van der Waals surface area contributed by atoms with E-state index < -0.39 is 0 Å². The third kappa shape index (κ3) is 3.82. The molecule has 0 amide bonds. The fraction of sp³-hybridized carbons (Fsp3) is 0.407. The van der Waals surface area contributed by atoms with E-state index in [9.17, 15) is 0 Å². The SMILES string of the molecule is COc1ccc(OC)c(N2C(=S)N[C@@H](c3ccccn3)[C@H]2c2cc(C)n(C3CCCC3)c2C)c1. The lowest BCUT2D eigenvalue weighted by Crippen LogP contribution is -2.30. The Morgan fingerprint density at radius 3 is 2.50 bits per heavy atom. The monoisotopic (exact) mass is 476 g/mol. The standard InChI is InChI=1S/C27H32N4O2S/c1-17-15-21(18(2)30(17)19-9-5-6-10-19)26-25(22-11-7-8-14-28-22)29-27(34)31(26)23-16-20(32-3)12-13-24(23)33-4/h7-8,11-16,19,25-26H,5-6,9-10H2,1-4H3,(H,29,34)/t25-,26+/m0/s1. The van der Waals surface area contributed by atoms with Crippen molar-refractivity contribution >= 4 is 23.0 Å². The highest BCUT2D eigenvalue weighted by Gasteiger charge is 2.43. The van der Waals surface area contributed by atoms with Gasteiger partial charge in [-0.15, -0.1) is 0 Å². The number of nitrogens with zero attached hydrogens (tertiary/aromatic N) is 3. The van der Waals surface area contributed by atoms with Crippen molar-refractivity contribution < 1.29 is 9.47 Å². The summed E-state index contributed by atoms with van der Waals surface area (Å²) in [6, 6.07) is 14.6. The Labute approximate surface area is 206 Å². The molecule has 0 spiro atoms. The van der Waals surface area contributed by atoms with Gasteiger partial charge in [-0.05, 0) is 74.8 Å². The number of ether oxygens (including phenoxy) is 2. The Bertz CT molecular complexity index is 1190. The third-order valence-corrected chi connectivity index (χ3v) is 7.59. The second-order valence-electron chi connectivity index (χ2n) is 9.17. The molecule has 178 valence electrons. The summed E-state index contributed by atoms with van der Waals surface area (Å²) in [6.07, 6.45) is 6.93. The molecule has 2 aromatic heterocycles. The average molecular weight is 477 g/mol. The second kappa shape index (κ2) is 9.29. The van der Waals surface area contributed by atoms with Crippen LogP contribution in [0.2, 0.25) is 0 Å². The van der Waals surface area contributed by atoms with Crippen LogP contribution in [0.4, 0.5) is 5.69 Å². The van der Waals surface area contributed by atoms with Crippen LogP contribution >= 0.6 is 12.2 Å². The lowest BCUT2D eigenvalue weighted by Gasteiger charge is -2.29. The molecule has 0 bridgehead atoms. The van der Waals surface area contributed by atoms with Gasteiger partial charge in [-0.2, -0.15) is 0 Å². The molecule has 1 aliphatic heterocycles. The van der Waals surface area contributed by atoms with E-state index in [0.29, 0.717) is 11.2 Å². The number of rotatable bonds is 6. The molecule has 0 radical (unpaired) electrons. The van der Waals surface area contributed by atoms with Gasteiger partial charge in [0.05, 0.1) is 37.7 Å². The van der Waals surface area contributed by atoms with Crippen molar-refractivity contribution in [3.63, 3.8) is 0 Å². The van der Waals surface area contributed by atoms with Crippen molar-refractivity contribution in [3.8, 4) is 11.5 Å². The fourth-order valence-electron chi connectivity index (χ4n) is 5.74. The first kappa shape index (κ1) is 22.7. The number of aryl methyl sites for hydroxylation is 1. The summed E-state index contributed by atoms with van der Waals surface area (Å²) < 4.78 is 13.9. The molecule has 34 heavy (non-hydrogen) atoms. The molecule has 7 heteroatoms. The first-order chi connectivity index (χ1) is 16.5. The van der Waals surface area contributed by atoms with Gasteiger partial charge in [0.15, 0.2) is 5.11 Å². The van der Waals surface area contributed by atoms with Crippen LogP contribution in [0.25, 0.3) is 0 Å². The first-order valence-electron chi connectivity index (χ1n) is 11.9. The molecule has 1 aliphatic carbocycles. The Morgan fingerprint density at radius 1 is 1.03 bits per heavy atom. The molecule has 1 saturated heterocycles. The minimum atomic E-state index is -0.0952. The fourth-order valence-corrected chi connectivity index (χ4v) is 6.08. The van der Waals surface area contributed by atoms with Crippen LogP contribution in [0.15, 0.2) is 48.7 Å². The Kier molecular flexibility index (Phi) is 6.21. The molecule has 3 heterocycles. The van der Waals surface area contributed by atoms with Crippen molar-refractivity contribution in [3.05, 3.63) is 71.3 Å². The molecule has 1 saturated carbocycles. The van der Waals surface area contributed by atoms with Crippen molar-refractivity contribution in [1.82, 2.24) is 14.9 Å². The van der Waals surface area contributed by atoms with E-state index in [-0.39, 0.29) is 12.1 Å². The number of benzene rings is 1. The molecule has 1 aromatic carbocycles. The molecule has 2 aliphatic rings. The van der Waals surface area contributed by atoms with E-state index in [1.54, 1.807) is 14.2 Å². The summed E-state index contributed by atoms with van der Waals surface area (Å²) in [5.74, 6) is 1.51. The number of thiocarbonyl (C=S) groups is 1. The maximum atomic E-state index is 5.94. The minimum Gasteiger partial charge on any atom is -0.497 e. The maximum Gasteiger partial charge on any atom is 0.174 e. The van der Waals surface area contributed by atoms with Crippen LogP contribution in [0.5, 0.6) is 11.5 Å². The molecule has 5 rings (SSSR count). The Balaban J connectivity index is 1.68. The number of aromatic nitrogens is 2. The van der Waals surface area contributed by atoms with Crippen molar-refractivity contribution in [2.24, 2.45) is 0 Å². The predicted molar refractivity (Wildman–Crippen MR) is 139 cm³/mol. The highest BCUT2D eigenvalue weighted by Crippen LogP contribution is 2.47. The summed E-state index contributed by atoms with van der Waals surface area (Å²) in [5.41, 5.74) is 5.71. The number of hydrogen-bond acceptors (Lipinski definition) is 4. The van der Waals surface area contributed by atoms with Gasteiger partial charge in [0.1, 0.15) is 11.5 Å². The van der Waals surface area contributed by atoms with E-state index in [0.717, 1.165) is 22.9 Å². The van der Waals surface area contributed by atoms with Gasteiger partial charge >= 0.3 is 0 Å². The van der Waals surface area contributed by atoms with Crippen molar-refractivity contribution in [2.45, 2.75) is 57.7 Å². The Hall–Kier alpha value is -3.06. The van der Waals surface area contributed by atoms with Crippen LogP contribution in [-0.2, 0) is 0 Å². The quantitative estimate of drug-likeness (QED) is 0.453. The molecular weight excluding hydrogens is 444 g/mol. The first-order valence-corrected chi connectivity index (χ1v) is 12.3. The molecule has 2 atom stereocenters. The zero-order valence-electron chi connectivity index (χ0n) is 20.2. The zero-order valence-corrected chi connectivity index (χ0v) is 21.1. The van der Waals surface area contributed by atoms with Crippen LogP contribution in [0.3, 0.4) is 0 Å². The summed E-state index contributed by atoms with van der Waals surface area (Å²) in [4.78, 5) is 6.88. The predicted octanol–water partition coefficient (Wildman–Crippen LogP) is 5.81. The molecule has 0 unspecified atom stereocenters. The maximum absolute atomic E-state index is 5.94. The van der Waals surface area contributed by atoms with E-state index in [2.05, 4.69) is 40.8 Å². The molecule has 1 N–H and O–H groups in total. The largest absolute Gasteiger partial charge is 0.497 e. The third-order valence-electron chi connectivity index (χ3n) is 7.28. The number of pyridine rings is 1. The number of anilines is 1. The number of methoxy groups -OCH3 is 2.